The number of hydrogen-bond donors (Lipinski definition) is 1. The van der Waals surface area contributed by atoms with Gasteiger partial charge in [0.1, 0.15) is 5.75 Å². The first-order valence-electron chi connectivity index (χ1n) is 8.46. The van der Waals surface area contributed by atoms with Crippen LogP contribution in [-0.4, -0.2) is 17.1 Å². The van der Waals surface area contributed by atoms with Crippen LogP contribution in [0.5, 0.6) is 5.75 Å². The lowest BCUT2D eigenvalue weighted by Gasteiger charge is -2.22. The number of amides is 1. The van der Waals surface area contributed by atoms with Gasteiger partial charge in [-0.25, -0.2) is 4.79 Å². The minimum Gasteiger partial charge on any atom is -0.410 e. The van der Waals surface area contributed by atoms with Crippen molar-refractivity contribution in [2.75, 3.05) is 0 Å². The Labute approximate surface area is 146 Å². The van der Waals surface area contributed by atoms with E-state index in [2.05, 4.69) is 5.32 Å². The zero-order valence-corrected chi connectivity index (χ0v) is 13.8. The van der Waals surface area contributed by atoms with Crippen LogP contribution in [0.4, 0.5) is 10.5 Å². The monoisotopic (exact) mass is 340 g/mol. The van der Waals surface area contributed by atoms with Crippen LogP contribution in [0.3, 0.4) is 0 Å². The van der Waals surface area contributed by atoms with Gasteiger partial charge in [0.25, 0.3) is 5.69 Å². The van der Waals surface area contributed by atoms with E-state index in [0.29, 0.717) is 11.1 Å². The molecule has 0 spiro atoms. The summed E-state index contributed by atoms with van der Waals surface area (Å²) in [4.78, 5) is 22.9. The molecule has 1 saturated carbocycles. The summed E-state index contributed by atoms with van der Waals surface area (Å²) in [5.74, 6) is 0.290. The average molecular weight is 340 g/mol. The van der Waals surface area contributed by atoms with E-state index in [9.17, 15) is 14.9 Å². The van der Waals surface area contributed by atoms with Crippen LogP contribution >= 0.6 is 0 Å². The topological polar surface area (TPSA) is 81.5 Å². The summed E-state index contributed by atoms with van der Waals surface area (Å²) in [6, 6.07) is 13.5. The summed E-state index contributed by atoms with van der Waals surface area (Å²) in [5.41, 5.74) is 1.10. The highest BCUT2D eigenvalue weighted by Crippen LogP contribution is 2.33. The molecule has 1 aliphatic carbocycles. The zero-order chi connectivity index (χ0) is 17.6. The normalized spacial score (nSPS) is 14.7. The first-order chi connectivity index (χ1) is 12.1. The molecule has 3 rings (SSSR count). The molecule has 0 aliphatic heterocycles. The largest absolute Gasteiger partial charge is 0.412 e. The van der Waals surface area contributed by atoms with Gasteiger partial charge in [-0.3, -0.25) is 10.1 Å². The summed E-state index contributed by atoms with van der Waals surface area (Å²) in [5, 5.41) is 14.1. The third kappa shape index (κ3) is 4.35. The maximum atomic E-state index is 12.1. The number of hydrogen-bond acceptors (Lipinski definition) is 4. The highest BCUT2D eigenvalue weighted by atomic mass is 16.6. The molecule has 0 atom stereocenters. The molecule has 6 nitrogen and oxygen atoms in total. The third-order valence-electron chi connectivity index (χ3n) is 4.39. The standard InChI is InChI=1S/C19H20N2O4/c22-19(20-15-9-5-2-6-10-15)25-16-11-12-18(21(23)24)17(13-16)14-7-3-1-4-8-14/h1,3-4,7-8,11-13,15H,2,5-6,9-10H2,(H,20,22). The summed E-state index contributed by atoms with van der Waals surface area (Å²) in [6.45, 7) is 0. The second-order valence-corrected chi connectivity index (χ2v) is 6.17. The molecule has 0 saturated heterocycles. The number of rotatable bonds is 4. The number of nitrogens with one attached hydrogen (secondary N) is 1. The highest BCUT2D eigenvalue weighted by molar-refractivity contribution is 5.77. The van der Waals surface area contributed by atoms with E-state index < -0.39 is 11.0 Å². The van der Waals surface area contributed by atoms with Crippen LogP contribution < -0.4 is 10.1 Å². The van der Waals surface area contributed by atoms with Gasteiger partial charge < -0.3 is 10.1 Å². The maximum absolute atomic E-state index is 12.1. The lowest BCUT2D eigenvalue weighted by molar-refractivity contribution is -0.384. The van der Waals surface area contributed by atoms with Crippen molar-refractivity contribution in [2.45, 2.75) is 38.1 Å². The molecule has 1 aliphatic rings. The van der Waals surface area contributed by atoms with Gasteiger partial charge in [-0.2, -0.15) is 0 Å². The molecule has 0 radical (unpaired) electrons. The van der Waals surface area contributed by atoms with Crippen molar-refractivity contribution in [3.8, 4) is 16.9 Å². The molecule has 0 bridgehead atoms. The Bertz CT molecular complexity index is 755. The number of nitro benzene ring substituents is 1. The van der Waals surface area contributed by atoms with Gasteiger partial charge in [0.15, 0.2) is 0 Å². The number of carbonyl (C=O) groups is 1. The van der Waals surface area contributed by atoms with Gasteiger partial charge in [0.05, 0.1) is 10.5 Å². The van der Waals surface area contributed by atoms with Crippen LogP contribution in [0.2, 0.25) is 0 Å². The molecule has 130 valence electrons. The second kappa shape index (κ2) is 7.79. The minimum absolute atomic E-state index is 0.0220. The SMILES string of the molecule is O=C(NC1CCCCC1)Oc1ccc([N+](=O)[O-])c(-c2ccccc2)c1. The molecular formula is C19H20N2O4. The molecule has 1 fully saturated rings. The third-order valence-corrected chi connectivity index (χ3v) is 4.39. The second-order valence-electron chi connectivity index (χ2n) is 6.17. The highest BCUT2D eigenvalue weighted by Gasteiger charge is 2.19. The van der Waals surface area contributed by atoms with Crippen LogP contribution in [-0.2, 0) is 0 Å². The van der Waals surface area contributed by atoms with Crippen molar-refractivity contribution >= 4 is 11.8 Å². The molecular weight excluding hydrogens is 320 g/mol. The van der Waals surface area contributed by atoms with E-state index >= 15 is 0 Å². The van der Waals surface area contributed by atoms with Crippen molar-refractivity contribution in [2.24, 2.45) is 0 Å². The van der Waals surface area contributed by atoms with Gasteiger partial charge >= 0.3 is 6.09 Å². The molecule has 0 unspecified atom stereocenters. The molecule has 1 amide bonds. The van der Waals surface area contributed by atoms with Crippen LogP contribution in [0.15, 0.2) is 48.5 Å². The number of carbonyl (C=O) groups excluding carboxylic acids is 1. The fourth-order valence-corrected chi connectivity index (χ4v) is 3.14. The molecule has 0 aromatic heterocycles. The van der Waals surface area contributed by atoms with Crippen molar-refractivity contribution in [1.82, 2.24) is 5.32 Å². The predicted molar refractivity (Wildman–Crippen MR) is 94.6 cm³/mol. The number of ether oxygens (including phenoxy) is 1. The molecule has 0 heterocycles. The summed E-state index contributed by atoms with van der Waals surface area (Å²) < 4.78 is 5.34. The van der Waals surface area contributed by atoms with Crippen LogP contribution in [0.1, 0.15) is 32.1 Å². The Balaban J connectivity index is 1.78. The van der Waals surface area contributed by atoms with Crippen LogP contribution in [0.25, 0.3) is 11.1 Å². The molecule has 6 heteroatoms. The summed E-state index contributed by atoms with van der Waals surface area (Å²) in [6.07, 6.45) is 4.84. The van der Waals surface area contributed by atoms with Crippen molar-refractivity contribution in [1.29, 1.82) is 0 Å². The van der Waals surface area contributed by atoms with Gasteiger partial charge in [0.2, 0.25) is 0 Å². The quantitative estimate of drug-likeness (QED) is 0.647. The molecule has 2 aromatic carbocycles. The Morgan fingerprint density at radius 2 is 1.80 bits per heavy atom. The van der Waals surface area contributed by atoms with E-state index in [0.717, 1.165) is 25.7 Å². The van der Waals surface area contributed by atoms with Crippen molar-refractivity contribution in [3.63, 3.8) is 0 Å². The van der Waals surface area contributed by atoms with Crippen molar-refractivity contribution in [3.05, 3.63) is 58.6 Å². The van der Waals surface area contributed by atoms with Gasteiger partial charge in [0, 0.05) is 12.1 Å². The van der Waals surface area contributed by atoms with E-state index in [1.54, 1.807) is 12.1 Å². The number of nitrogens with zero attached hydrogens (tertiary/aromatic N) is 1. The lowest BCUT2D eigenvalue weighted by Crippen LogP contribution is -2.38. The van der Waals surface area contributed by atoms with E-state index in [1.165, 1.54) is 24.6 Å². The lowest BCUT2D eigenvalue weighted by atomic mass is 9.96. The van der Waals surface area contributed by atoms with E-state index in [4.69, 9.17) is 4.74 Å². The predicted octanol–water partition coefficient (Wildman–Crippen LogP) is 4.68. The number of benzene rings is 2. The summed E-state index contributed by atoms with van der Waals surface area (Å²) in [7, 11) is 0. The first kappa shape index (κ1) is 17.0. The Morgan fingerprint density at radius 1 is 1.08 bits per heavy atom. The average Bonchev–Trinajstić information content (AvgIpc) is 2.63. The van der Waals surface area contributed by atoms with Crippen molar-refractivity contribution < 1.29 is 14.5 Å². The molecule has 2 aromatic rings. The maximum Gasteiger partial charge on any atom is 0.412 e. The Hall–Kier alpha value is -2.89. The fourth-order valence-electron chi connectivity index (χ4n) is 3.14. The Kier molecular flexibility index (Phi) is 5.28. The number of nitro groups is 1. The van der Waals surface area contributed by atoms with Gasteiger partial charge in [-0.15, -0.1) is 0 Å². The van der Waals surface area contributed by atoms with E-state index in [1.807, 2.05) is 18.2 Å². The zero-order valence-electron chi connectivity index (χ0n) is 13.8. The van der Waals surface area contributed by atoms with Gasteiger partial charge in [-0.05, 0) is 30.5 Å². The Morgan fingerprint density at radius 3 is 2.48 bits per heavy atom. The van der Waals surface area contributed by atoms with E-state index in [-0.39, 0.29) is 17.5 Å². The van der Waals surface area contributed by atoms with Gasteiger partial charge in [-0.1, -0.05) is 49.6 Å². The van der Waals surface area contributed by atoms with Crippen LogP contribution in [0, 0.1) is 10.1 Å². The molecule has 1 N–H and O–H groups in total. The first-order valence-corrected chi connectivity index (χ1v) is 8.46. The molecule has 25 heavy (non-hydrogen) atoms. The minimum atomic E-state index is -0.514. The fraction of sp³-hybridized carbons (Fsp3) is 0.316. The smallest absolute Gasteiger partial charge is 0.410 e. The summed E-state index contributed by atoms with van der Waals surface area (Å²) >= 11 is 0.